The van der Waals surface area contributed by atoms with E-state index in [0.29, 0.717) is 49.1 Å². The molecule has 8 nitrogen and oxygen atoms in total. The second kappa shape index (κ2) is 11.9. The number of nitrogens with zero attached hydrogens (tertiary/aromatic N) is 1. The van der Waals surface area contributed by atoms with Crippen molar-refractivity contribution in [1.29, 1.82) is 0 Å². The molecule has 1 heterocycles. The summed E-state index contributed by atoms with van der Waals surface area (Å²) in [5, 5.41) is 16.7. The summed E-state index contributed by atoms with van der Waals surface area (Å²) in [5.74, 6) is 1.20. The van der Waals surface area contributed by atoms with Crippen LogP contribution in [0.5, 0.6) is 5.75 Å². The molecule has 1 aliphatic carbocycles. The Morgan fingerprint density at radius 2 is 2.11 bits per heavy atom. The number of rotatable bonds is 12. The molecule has 1 saturated carbocycles. The quantitative estimate of drug-likeness (QED) is 0.313. The zero-order valence-electron chi connectivity index (χ0n) is 20.1. The zero-order valence-corrected chi connectivity index (χ0v) is 20.1. The van der Waals surface area contributed by atoms with Crippen molar-refractivity contribution in [2.24, 2.45) is 5.73 Å². The normalized spacial score (nSPS) is 14.3. The summed E-state index contributed by atoms with van der Waals surface area (Å²) in [6, 6.07) is 13.8. The molecule has 35 heavy (non-hydrogen) atoms. The third-order valence-corrected chi connectivity index (χ3v) is 6.46. The fraction of sp³-hybridized carbons (Fsp3) is 0.407. The van der Waals surface area contributed by atoms with Crippen LogP contribution < -0.4 is 21.1 Å². The minimum atomic E-state index is -0.661. The molecule has 2 aromatic carbocycles. The van der Waals surface area contributed by atoms with E-state index in [2.05, 4.69) is 15.6 Å². The first-order chi connectivity index (χ1) is 17.0. The number of carbonyl (C=O) groups is 1. The number of nitrogens with two attached hydrogens (primary N) is 1. The Morgan fingerprint density at radius 3 is 2.83 bits per heavy atom. The molecular formula is C27H34N4O4. The number of hydrogen-bond donors (Lipinski definition) is 4. The number of aliphatic hydroxyl groups is 1. The number of carbonyl (C=O) groups excluding carboxylic acids is 1. The fourth-order valence-electron chi connectivity index (χ4n) is 4.01. The number of aryl methyl sites for hydroxylation is 2. The number of hydrogen-bond acceptors (Lipinski definition) is 7. The molecule has 186 valence electrons. The molecule has 8 heteroatoms. The topological polar surface area (TPSA) is 123 Å². The summed E-state index contributed by atoms with van der Waals surface area (Å²) in [7, 11) is 0. The van der Waals surface area contributed by atoms with E-state index in [0.717, 1.165) is 22.5 Å². The first kappa shape index (κ1) is 24.8. The molecule has 0 aliphatic heterocycles. The maximum atomic E-state index is 12.6. The molecule has 0 bridgehead atoms. The summed E-state index contributed by atoms with van der Waals surface area (Å²) >= 11 is 0. The molecule has 1 aromatic heterocycles. The van der Waals surface area contributed by atoms with Gasteiger partial charge in [-0.3, -0.25) is 4.79 Å². The van der Waals surface area contributed by atoms with Crippen molar-refractivity contribution in [3.8, 4) is 5.75 Å². The van der Waals surface area contributed by atoms with Crippen LogP contribution in [0, 0.1) is 6.92 Å². The van der Waals surface area contributed by atoms with Gasteiger partial charge in [-0.05, 0) is 80.5 Å². The predicted molar refractivity (Wildman–Crippen MR) is 134 cm³/mol. The predicted octanol–water partition coefficient (Wildman–Crippen LogP) is 3.71. The number of aliphatic hydroxyl groups excluding tert-OH is 1. The molecule has 4 rings (SSSR count). The molecule has 3 aromatic rings. The average Bonchev–Trinajstić information content (AvgIpc) is 3.27. The monoisotopic (exact) mass is 478 g/mol. The second-order valence-corrected chi connectivity index (χ2v) is 9.04. The van der Waals surface area contributed by atoms with Gasteiger partial charge in [-0.2, -0.15) is 0 Å². The summed E-state index contributed by atoms with van der Waals surface area (Å²) in [6.45, 7) is 2.72. The van der Waals surface area contributed by atoms with Gasteiger partial charge >= 0.3 is 0 Å². The van der Waals surface area contributed by atoms with E-state index in [-0.39, 0.29) is 12.5 Å². The lowest BCUT2D eigenvalue weighted by Gasteiger charge is -2.27. The first-order valence-corrected chi connectivity index (χ1v) is 12.2. The lowest BCUT2D eigenvalue weighted by atomic mass is 9.93. The van der Waals surface area contributed by atoms with Gasteiger partial charge < -0.3 is 30.6 Å². The van der Waals surface area contributed by atoms with Crippen LogP contribution in [0.15, 0.2) is 53.3 Å². The van der Waals surface area contributed by atoms with E-state index in [9.17, 15) is 9.90 Å². The number of anilines is 1. The van der Waals surface area contributed by atoms with E-state index in [1.54, 1.807) is 6.07 Å². The van der Waals surface area contributed by atoms with Crippen molar-refractivity contribution in [1.82, 2.24) is 10.3 Å². The number of ether oxygens (including phenoxy) is 1. The van der Waals surface area contributed by atoms with E-state index in [1.165, 1.54) is 25.7 Å². The third-order valence-electron chi connectivity index (χ3n) is 6.46. The van der Waals surface area contributed by atoms with Crippen molar-refractivity contribution in [3.63, 3.8) is 0 Å². The molecular weight excluding hydrogens is 444 g/mol. The van der Waals surface area contributed by atoms with Crippen molar-refractivity contribution < 1.29 is 19.1 Å². The maximum Gasteiger partial charge on any atom is 0.251 e. The Hall–Kier alpha value is -3.36. The maximum absolute atomic E-state index is 12.6. The lowest BCUT2D eigenvalue weighted by molar-refractivity contribution is 0.0911. The van der Waals surface area contributed by atoms with E-state index < -0.39 is 6.10 Å². The lowest BCUT2D eigenvalue weighted by Crippen LogP contribution is -2.32. The van der Waals surface area contributed by atoms with E-state index in [1.807, 2.05) is 43.3 Å². The van der Waals surface area contributed by atoms with E-state index >= 15 is 0 Å². The van der Waals surface area contributed by atoms with Crippen LogP contribution in [0.1, 0.15) is 58.6 Å². The highest BCUT2D eigenvalue weighted by Gasteiger charge is 2.17. The smallest absolute Gasteiger partial charge is 0.251 e. The zero-order chi connectivity index (χ0) is 24.6. The van der Waals surface area contributed by atoms with Gasteiger partial charge in [-0.15, -0.1) is 0 Å². The van der Waals surface area contributed by atoms with Gasteiger partial charge in [0.25, 0.3) is 5.91 Å². The largest absolute Gasteiger partial charge is 0.486 e. The minimum Gasteiger partial charge on any atom is -0.486 e. The molecule has 1 atom stereocenters. The first-order valence-electron chi connectivity index (χ1n) is 12.2. The van der Waals surface area contributed by atoms with Gasteiger partial charge in [0.2, 0.25) is 0 Å². The Kier molecular flexibility index (Phi) is 8.39. The van der Waals surface area contributed by atoms with Crippen molar-refractivity contribution in [2.45, 2.75) is 64.3 Å². The van der Waals surface area contributed by atoms with Crippen LogP contribution in [-0.4, -0.2) is 34.7 Å². The molecule has 1 fully saturated rings. The summed E-state index contributed by atoms with van der Waals surface area (Å²) in [6.07, 6.45) is 5.50. The van der Waals surface area contributed by atoms with Crippen LogP contribution in [0.4, 0.5) is 5.69 Å². The van der Waals surface area contributed by atoms with Crippen LogP contribution in [0.2, 0.25) is 0 Å². The average molecular weight is 479 g/mol. The summed E-state index contributed by atoms with van der Waals surface area (Å²) in [5.41, 5.74) is 10.3. The minimum absolute atomic E-state index is 0.188. The number of benzene rings is 2. The molecule has 5 N–H and O–H groups in total. The van der Waals surface area contributed by atoms with Gasteiger partial charge in [0.05, 0.1) is 11.8 Å². The Morgan fingerprint density at radius 1 is 1.26 bits per heavy atom. The third kappa shape index (κ3) is 6.83. The standard InChI is InChI=1S/C27H34N4O4/c1-18-26(35-17-30-18)16-34-25-11-9-19(21(13-25)14-28)8-10-24(32)15-29-27(33)20-4-2-7-23(12-20)31-22-5-3-6-22/h2,4,7,9,11-13,17,22,24,31-32H,3,5-6,8,10,14-16,28H2,1H3,(H,29,33)/t24-/m0/s1. The van der Waals surface area contributed by atoms with Crippen LogP contribution in [0.25, 0.3) is 0 Å². The van der Waals surface area contributed by atoms with Gasteiger partial charge in [-0.1, -0.05) is 12.1 Å². The number of oxazole rings is 1. The Bertz CT molecular complexity index is 1130. The van der Waals surface area contributed by atoms with Crippen LogP contribution in [-0.2, 0) is 19.6 Å². The molecule has 0 spiro atoms. The van der Waals surface area contributed by atoms with Gasteiger partial charge in [-0.25, -0.2) is 4.98 Å². The molecule has 1 amide bonds. The number of nitrogens with one attached hydrogen (secondary N) is 2. The summed E-state index contributed by atoms with van der Waals surface area (Å²) < 4.78 is 11.1. The number of aromatic nitrogens is 1. The van der Waals surface area contributed by atoms with Crippen molar-refractivity contribution in [2.75, 3.05) is 11.9 Å². The molecule has 1 aliphatic rings. The van der Waals surface area contributed by atoms with Gasteiger partial charge in [0, 0.05) is 30.4 Å². The SMILES string of the molecule is Cc1ncoc1COc1ccc(CC[C@H](O)CNC(=O)c2cccc(NC3CCC3)c2)c(CN)c1. The second-order valence-electron chi connectivity index (χ2n) is 9.04. The molecule has 0 saturated heterocycles. The Balaban J connectivity index is 1.24. The van der Waals surface area contributed by atoms with Gasteiger partial charge in [0.1, 0.15) is 12.4 Å². The highest BCUT2D eigenvalue weighted by Crippen LogP contribution is 2.24. The van der Waals surface area contributed by atoms with Crippen LogP contribution >= 0.6 is 0 Å². The van der Waals surface area contributed by atoms with Gasteiger partial charge in [0.15, 0.2) is 12.2 Å². The number of amides is 1. The summed E-state index contributed by atoms with van der Waals surface area (Å²) in [4.78, 5) is 16.6. The Labute approximate surface area is 205 Å². The highest BCUT2D eigenvalue weighted by molar-refractivity contribution is 5.95. The molecule has 0 radical (unpaired) electrons. The van der Waals surface area contributed by atoms with E-state index in [4.69, 9.17) is 14.9 Å². The van der Waals surface area contributed by atoms with Crippen molar-refractivity contribution >= 4 is 11.6 Å². The molecule has 0 unspecified atom stereocenters. The fourth-order valence-corrected chi connectivity index (χ4v) is 4.01. The van der Waals surface area contributed by atoms with Crippen molar-refractivity contribution in [3.05, 3.63) is 77.0 Å². The van der Waals surface area contributed by atoms with Crippen LogP contribution in [0.3, 0.4) is 0 Å². The highest BCUT2D eigenvalue weighted by atomic mass is 16.5.